The third-order valence-corrected chi connectivity index (χ3v) is 3.15. The van der Waals surface area contributed by atoms with E-state index in [2.05, 4.69) is 0 Å². The quantitative estimate of drug-likeness (QED) is 0.593. The van der Waals surface area contributed by atoms with Crippen LogP contribution in [-0.2, 0) is 5.88 Å². The molecule has 3 rings (SSSR count). The highest BCUT2D eigenvalue weighted by Gasteiger charge is 2.07. The summed E-state index contributed by atoms with van der Waals surface area (Å²) in [5, 5.41) is 0.979. The fourth-order valence-corrected chi connectivity index (χ4v) is 2.13. The first-order valence-corrected chi connectivity index (χ1v) is 6.14. The summed E-state index contributed by atoms with van der Waals surface area (Å²) >= 11 is 5.79. The molecular weight excluding hydrogens is 251 g/mol. The summed E-state index contributed by atoms with van der Waals surface area (Å²) in [6.45, 7) is 0. The standard InChI is InChI=1S/C15H10ClFO/c16-9-10-4-5-14-12(6-10)8-15(18-14)11-2-1-3-13(17)7-11/h1-8H,9H2. The Labute approximate surface area is 109 Å². The smallest absolute Gasteiger partial charge is 0.135 e. The first kappa shape index (κ1) is 11.3. The summed E-state index contributed by atoms with van der Waals surface area (Å²) in [6, 6.07) is 14.1. The van der Waals surface area contributed by atoms with Crippen LogP contribution in [0.1, 0.15) is 5.56 Å². The van der Waals surface area contributed by atoms with Crippen molar-refractivity contribution in [1.29, 1.82) is 0 Å². The van der Waals surface area contributed by atoms with Gasteiger partial charge in [-0.25, -0.2) is 4.39 Å². The van der Waals surface area contributed by atoms with Crippen molar-refractivity contribution in [2.45, 2.75) is 5.88 Å². The molecule has 0 aliphatic heterocycles. The predicted octanol–water partition coefficient (Wildman–Crippen LogP) is 4.98. The summed E-state index contributed by atoms with van der Waals surface area (Å²) in [7, 11) is 0. The van der Waals surface area contributed by atoms with Crippen LogP contribution < -0.4 is 0 Å². The zero-order chi connectivity index (χ0) is 12.5. The minimum Gasteiger partial charge on any atom is -0.456 e. The summed E-state index contributed by atoms with van der Waals surface area (Å²) in [4.78, 5) is 0. The van der Waals surface area contributed by atoms with Gasteiger partial charge in [0, 0.05) is 16.8 Å². The summed E-state index contributed by atoms with van der Waals surface area (Å²) in [6.07, 6.45) is 0. The second kappa shape index (κ2) is 4.46. The fraction of sp³-hybridized carbons (Fsp3) is 0.0667. The van der Waals surface area contributed by atoms with Crippen molar-refractivity contribution in [2.75, 3.05) is 0 Å². The van der Waals surface area contributed by atoms with Gasteiger partial charge in [0.1, 0.15) is 17.2 Å². The molecule has 1 aromatic heterocycles. The number of rotatable bonds is 2. The van der Waals surface area contributed by atoms with Crippen molar-refractivity contribution in [3.05, 3.63) is 59.9 Å². The van der Waals surface area contributed by atoms with Gasteiger partial charge in [0.2, 0.25) is 0 Å². The van der Waals surface area contributed by atoms with Crippen LogP contribution in [0.3, 0.4) is 0 Å². The maximum Gasteiger partial charge on any atom is 0.135 e. The average molecular weight is 261 g/mol. The number of fused-ring (bicyclic) bond motifs is 1. The largest absolute Gasteiger partial charge is 0.456 e. The van der Waals surface area contributed by atoms with Gasteiger partial charge in [-0.3, -0.25) is 0 Å². The minimum absolute atomic E-state index is 0.269. The van der Waals surface area contributed by atoms with Gasteiger partial charge >= 0.3 is 0 Å². The van der Waals surface area contributed by atoms with Crippen molar-refractivity contribution >= 4 is 22.6 Å². The van der Waals surface area contributed by atoms with E-state index in [1.807, 2.05) is 30.3 Å². The summed E-state index contributed by atoms with van der Waals surface area (Å²) < 4.78 is 18.9. The first-order chi connectivity index (χ1) is 8.76. The molecule has 1 heterocycles. The van der Waals surface area contributed by atoms with Gasteiger partial charge in [-0.1, -0.05) is 18.2 Å². The molecule has 0 N–H and O–H groups in total. The molecule has 1 nitrogen and oxygen atoms in total. The van der Waals surface area contributed by atoms with Crippen molar-refractivity contribution in [3.8, 4) is 11.3 Å². The number of furan rings is 1. The molecule has 0 spiro atoms. The van der Waals surface area contributed by atoms with Gasteiger partial charge in [-0.2, -0.15) is 0 Å². The SMILES string of the molecule is Fc1cccc(-c2cc3cc(CCl)ccc3o2)c1. The van der Waals surface area contributed by atoms with Crippen LogP contribution in [0.5, 0.6) is 0 Å². The number of hydrogen-bond donors (Lipinski definition) is 0. The first-order valence-electron chi connectivity index (χ1n) is 5.60. The third-order valence-electron chi connectivity index (χ3n) is 2.84. The van der Waals surface area contributed by atoms with Gasteiger partial charge in [0.15, 0.2) is 0 Å². The van der Waals surface area contributed by atoms with Crippen LogP contribution in [0, 0.1) is 5.82 Å². The number of alkyl halides is 1. The topological polar surface area (TPSA) is 13.1 Å². The molecule has 0 aliphatic carbocycles. The van der Waals surface area contributed by atoms with Gasteiger partial charge in [-0.15, -0.1) is 11.6 Å². The highest BCUT2D eigenvalue weighted by molar-refractivity contribution is 6.17. The van der Waals surface area contributed by atoms with E-state index in [9.17, 15) is 4.39 Å². The van der Waals surface area contributed by atoms with E-state index in [0.29, 0.717) is 11.6 Å². The Bertz CT molecular complexity index is 703. The molecule has 0 atom stereocenters. The van der Waals surface area contributed by atoms with E-state index in [1.54, 1.807) is 6.07 Å². The van der Waals surface area contributed by atoms with Gasteiger partial charge in [0.25, 0.3) is 0 Å². The highest BCUT2D eigenvalue weighted by Crippen LogP contribution is 2.29. The van der Waals surface area contributed by atoms with Crippen molar-refractivity contribution < 1.29 is 8.81 Å². The second-order valence-electron chi connectivity index (χ2n) is 4.13. The molecule has 0 bridgehead atoms. The predicted molar refractivity (Wildman–Crippen MR) is 71.2 cm³/mol. The summed E-state index contributed by atoms with van der Waals surface area (Å²) in [5.74, 6) is 0.863. The molecule has 0 saturated carbocycles. The number of hydrogen-bond acceptors (Lipinski definition) is 1. The zero-order valence-corrected chi connectivity index (χ0v) is 10.2. The molecule has 0 saturated heterocycles. The Morgan fingerprint density at radius 2 is 1.94 bits per heavy atom. The average Bonchev–Trinajstić information content (AvgIpc) is 2.81. The van der Waals surface area contributed by atoms with Gasteiger partial charge in [-0.05, 0) is 35.9 Å². The Morgan fingerprint density at radius 3 is 2.72 bits per heavy atom. The molecule has 0 aliphatic rings. The molecule has 0 fully saturated rings. The monoisotopic (exact) mass is 260 g/mol. The number of halogens is 2. The van der Waals surface area contributed by atoms with Crippen molar-refractivity contribution in [3.63, 3.8) is 0 Å². The van der Waals surface area contributed by atoms with E-state index in [0.717, 1.165) is 22.1 Å². The third kappa shape index (κ3) is 2.00. The Morgan fingerprint density at radius 1 is 1.06 bits per heavy atom. The Kier molecular flexibility index (Phi) is 2.80. The molecule has 2 aromatic carbocycles. The molecule has 18 heavy (non-hydrogen) atoms. The molecule has 0 amide bonds. The van der Waals surface area contributed by atoms with Crippen LogP contribution in [0.15, 0.2) is 52.9 Å². The van der Waals surface area contributed by atoms with Gasteiger partial charge < -0.3 is 4.42 Å². The van der Waals surface area contributed by atoms with Crippen LogP contribution in [0.4, 0.5) is 4.39 Å². The van der Waals surface area contributed by atoms with Crippen LogP contribution in [-0.4, -0.2) is 0 Å². The molecule has 90 valence electrons. The van der Waals surface area contributed by atoms with E-state index >= 15 is 0 Å². The Hall–Kier alpha value is -1.80. The fourth-order valence-electron chi connectivity index (χ4n) is 1.96. The lowest BCUT2D eigenvalue weighted by Gasteiger charge is -1.95. The van der Waals surface area contributed by atoms with Gasteiger partial charge in [0.05, 0.1) is 0 Å². The lowest BCUT2D eigenvalue weighted by molar-refractivity contribution is 0.618. The normalized spacial score (nSPS) is 11.0. The Balaban J connectivity index is 2.13. The molecule has 3 aromatic rings. The van der Waals surface area contributed by atoms with Crippen LogP contribution in [0.25, 0.3) is 22.3 Å². The molecular formula is C15H10ClFO. The van der Waals surface area contributed by atoms with Crippen molar-refractivity contribution in [1.82, 2.24) is 0 Å². The van der Waals surface area contributed by atoms with Crippen molar-refractivity contribution in [2.24, 2.45) is 0 Å². The molecule has 0 unspecified atom stereocenters. The van der Waals surface area contributed by atoms with Crippen LogP contribution in [0.2, 0.25) is 0 Å². The molecule has 0 radical (unpaired) electrons. The second-order valence-corrected chi connectivity index (χ2v) is 4.39. The summed E-state index contributed by atoms with van der Waals surface area (Å²) in [5.41, 5.74) is 2.55. The van der Waals surface area contributed by atoms with Crippen LogP contribution >= 0.6 is 11.6 Å². The molecule has 3 heteroatoms. The zero-order valence-electron chi connectivity index (χ0n) is 9.49. The highest BCUT2D eigenvalue weighted by atomic mass is 35.5. The minimum atomic E-state index is -0.269. The maximum atomic E-state index is 13.2. The lowest BCUT2D eigenvalue weighted by atomic mass is 10.1. The van der Waals surface area contributed by atoms with E-state index in [-0.39, 0.29) is 5.82 Å². The van der Waals surface area contributed by atoms with E-state index in [1.165, 1.54) is 12.1 Å². The van der Waals surface area contributed by atoms with E-state index in [4.69, 9.17) is 16.0 Å². The lowest BCUT2D eigenvalue weighted by Crippen LogP contribution is -1.75. The maximum absolute atomic E-state index is 13.2. The van der Waals surface area contributed by atoms with E-state index < -0.39 is 0 Å². The number of benzene rings is 2.